The molecule has 0 spiro atoms. The quantitative estimate of drug-likeness (QED) is 0.926. The van der Waals surface area contributed by atoms with Crippen LogP contribution in [0, 0.1) is 0 Å². The molecule has 1 aromatic carbocycles. The van der Waals surface area contributed by atoms with Gasteiger partial charge in [-0.2, -0.15) is 0 Å². The predicted molar refractivity (Wildman–Crippen MR) is 78.7 cm³/mol. The van der Waals surface area contributed by atoms with E-state index >= 15 is 0 Å². The molecule has 102 valence electrons. The van der Waals surface area contributed by atoms with Crippen molar-refractivity contribution in [3.63, 3.8) is 0 Å². The molecule has 0 bridgehead atoms. The summed E-state index contributed by atoms with van der Waals surface area (Å²) in [4.78, 5) is 21.9. The standard InChI is InChI=1S/C15H16N4O/c1-3-16-15-17-8-12(9-18-15)10-4-5-13-11(6-10)7-14(20)19(13)2/h4-6,8-9H,3,7H2,1-2H3,(H,16,17,18). The highest BCUT2D eigenvalue weighted by Crippen LogP contribution is 2.31. The van der Waals surface area contributed by atoms with Crippen molar-refractivity contribution in [3.05, 3.63) is 36.2 Å². The number of fused-ring (bicyclic) bond motifs is 1. The average Bonchev–Trinajstić information content (AvgIpc) is 2.75. The van der Waals surface area contributed by atoms with Crippen LogP contribution in [0.3, 0.4) is 0 Å². The SMILES string of the molecule is CCNc1ncc(-c2ccc3c(c2)CC(=O)N3C)cn1. The molecule has 1 N–H and O–H groups in total. The number of likely N-dealkylation sites (N-methyl/N-ethyl adjacent to an activating group) is 1. The zero-order chi connectivity index (χ0) is 14.1. The minimum absolute atomic E-state index is 0.135. The summed E-state index contributed by atoms with van der Waals surface area (Å²) in [5.41, 5.74) is 4.04. The van der Waals surface area contributed by atoms with Gasteiger partial charge >= 0.3 is 0 Å². The van der Waals surface area contributed by atoms with Crippen LogP contribution >= 0.6 is 0 Å². The number of nitrogens with one attached hydrogen (secondary N) is 1. The molecule has 2 heterocycles. The zero-order valence-electron chi connectivity index (χ0n) is 11.6. The first-order valence-electron chi connectivity index (χ1n) is 6.65. The molecule has 1 aliphatic heterocycles. The van der Waals surface area contributed by atoms with Crippen molar-refractivity contribution in [3.8, 4) is 11.1 Å². The van der Waals surface area contributed by atoms with E-state index in [2.05, 4.69) is 15.3 Å². The number of nitrogens with zero attached hydrogens (tertiary/aromatic N) is 3. The lowest BCUT2D eigenvalue weighted by molar-refractivity contribution is -0.117. The van der Waals surface area contributed by atoms with Gasteiger partial charge in [-0.1, -0.05) is 6.07 Å². The third-order valence-electron chi connectivity index (χ3n) is 3.48. The Bertz CT molecular complexity index is 651. The summed E-state index contributed by atoms with van der Waals surface area (Å²) in [6.45, 7) is 2.80. The number of benzene rings is 1. The summed E-state index contributed by atoms with van der Waals surface area (Å²) < 4.78 is 0. The Hall–Kier alpha value is -2.43. The Kier molecular flexibility index (Phi) is 3.10. The monoisotopic (exact) mass is 268 g/mol. The highest BCUT2D eigenvalue weighted by atomic mass is 16.2. The Morgan fingerprint density at radius 1 is 1.25 bits per heavy atom. The topological polar surface area (TPSA) is 58.1 Å². The van der Waals surface area contributed by atoms with E-state index in [1.54, 1.807) is 17.3 Å². The van der Waals surface area contributed by atoms with E-state index in [4.69, 9.17) is 0 Å². The molecule has 2 aromatic rings. The lowest BCUT2D eigenvalue weighted by Crippen LogP contribution is -2.20. The maximum atomic E-state index is 11.7. The predicted octanol–water partition coefficient (Wildman–Crippen LogP) is 2.09. The summed E-state index contributed by atoms with van der Waals surface area (Å²) in [5, 5.41) is 3.07. The van der Waals surface area contributed by atoms with Gasteiger partial charge in [0.2, 0.25) is 11.9 Å². The van der Waals surface area contributed by atoms with E-state index in [1.807, 2.05) is 32.2 Å². The smallest absolute Gasteiger partial charge is 0.231 e. The molecule has 0 aliphatic carbocycles. The van der Waals surface area contributed by atoms with Gasteiger partial charge in [0.25, 0.3) is 0 Å². The summed E-state index contributed by atoms with van der Waals surface area (Å²) in [6.07, 6.45) is 4.07. The molecule has 0 saturated carbocycles. The van der Waals surface area contributed by atoms with Crippen LogP contribution in [-0.2, 0) is 11.2 Å². The van der Waals surface area contributed by atoms with Crippen LogP contribution in [0.4, 0.5) is 11.6 Å². The number of amides is 1. The van der Waals surface area contributed by atoms with Crippen LogP contribution in [0.2, 0.25) is 0 Å². The fourth-order valence-corrected chi connectivity index (χ4v) is 2.38. The van der Waals surface area contributed by atoms with Gasteiger partial charge in [-0.15, -0.1) is 0 Å². The number of anilines is 2. The number of hydrogen-bond acceptors (Lipinski definition) is 4. The molecular weight excluding hydrogens is 252 g/mol. The highest BCUT2D eigenvalue weighted by Gasteiger charge is 2.23. The van der Waals surface area contributed by atoms with Crippen molar-refractivity contribution in [1.82, 2.24) is 9.97 Å². The first kappa shape index (κ1) is 12.6. The van der Waals surface area contributed by atoms with Crippen molar-refractivity contribution in [1.29, 1.82) is 0 Å². The van der Waals surface area contributed by atoms with Crippen molar-refractivity contribution < 1.29 is 4.79 Å². The minimum Gasteiger partial charge on any atom is -0.355 e. The largest absolute Gasteiger partial charge is 0.355 e. The van der Waals surface area contributed by atoms with Gasteiger partial charge in [-0.05, 0) is 30.2 Å². The van der Waals surface area contributed by atoms with Gasteiger partial charge in [0.15, 0.2) is 0 Å². The molecule has 20 heavy (non-hydrogen) atoms. The van der Waals surface area contributed by atoms with Gasteiger partial charge in [0.1, 0.15) is 0 Å². The van der Waals surface area contributed by atoms with Gasteiger partial charge in [0, 0.05) is 37.2 Å². The summed E-state index contributed by atoms with van der Waals surface area (Å²) in [7, 11) is 1.81. The number of carbonyl (C=O) groups is 1. The van der Waals surface area contributed by atoms with E-state index in [0.717, 1.165) is 28.9 Å². The van der Waals surface area contributed by atoms with Gasteiger partial charge in [-0.25, -0.2) is 9.97 Å². The zero-order valence-corrected chi connectivity index (χ0v) is 11.6. The van der Waals surface area contributed by atoms with Crippen LogP contribution in [0.25, 0.3) is 11.1 Å². The normalized spacial score (nSPS) is 13.5. The molecule has 1 aliphatic rings. The molecule has 1 aromatic heterocycles. The molecule has 0 fully saturated rings. The molecule has 0 saturated heterocycles. The molecular formula is C15H16N4O. The first-order chi connectivity index (χ1) is 9.69. The second kappa shape index (κ2) is 4.92. The summed E-state index contributed by atoms with van der Waals surface area (Å²) in [6, 6.07) is 6.02. The maximum absolute atomic E-state index is 11.7. The third-order valence-corrected chi connectivity index (χ3v) is 3.48. The van der Waals surface area contributed by atoms with Crippen LogP contribution in [0.5, 0.6) is 0 Å². The van der Waals surface area contributed by atoms with Crippen LogP contribution in [-0.4, -0.2) is 29.5 Å². The second-order valence-corrected chi connectivity index (χ2v) is 4.80. The van der Waals surface area contributed by atoms with Crippen LogP contribution in [0.1, 0.15) is 12.5 Å². The number of rotatable bonds is 3. The molecule has 3 rings (SSSR count). The van der Waals surface area contributed by atoms with Crippen molar-refractivity contribution in [2.24, 2.45) is 0 Å². The molecule has 5 nitrogen and oxygen atoms in total. The fourth-order valence-electron chi connectivity index (χ4n) is 2.38. The summed E-state index contributed by atoms with van der Waals surface area (Å²) in [5.74, 6) is 0.767. The minimum atomic E-state index is 0.135. The molecule has 0 unspecified atom stereocenters. The highest BCUT2D eigenvalue weighted by molar-refractivity contribution is 6.01. The Balaban J connectivity index is 1.92. The number of hydrogen-bond donors (Lipinski definition) is 1. The van der Waals surface area contributed by atoms with E-state index in [-0.39, 0.29) is 5.91 Å². The van der Waals surface area contributed by atoms with Crippen LogP contribution < -0.4 is 10.2 Å². The maximum Gasteiger partial charge on any atom is 0.231 e. The van der Waals surface area contributed by atoms with E-state index in [0.29, 0.717) is 12.4 Å². The molecule has 5 heteroatoms. The van der Waals surface area contributed by atoms with Crippen LogP contribution in [0.15, 0.2) is 30.6 Å². The number of aromatic nitrogens is 2. The van der Waals surface area contributed by atoms with Gasteiger partial charge < -0.3 is 10.2 Å². The average molecular weight is 268 g/mol. The van der Waals surface area contributed by atoms with E-state index in [1.165, 1.54) is 0 Å². The Labute approximate surface area is 117 Å². The first-order valence-corrected chi connectivity index (χ1v) is 6.65. The van der Waals surface area contributed by atoms with Crippen molar-refractivity contribution in [2.75, 3.05) is 23.8 Å². The molecule has 1 amide bonds. The summed E-state index contributed by atoms with van der Waals surface area (Å²) >= 11 is 0. The van der Waals surface area contributed by atoms with Gasteiger partial charge in [-0.3, -0.25) is 4.79 Å². The molecule has 0 radical (unpaired) electrons. The fraction of sp³-hybridized carbons (Fsp3) is 0.267. The third kappa shape index (κ3) is 2.11. The Morgan fingerprint density at radius 3 is 2.70 bits per heavy atom. The van der Waals surface area contributed by atoms with Crippen molar-refractivity contribution >= 4 is 17.5 Å². The van der Waals surface area contributed by atoms with Gasteiger partial charge in [0.05, 0.1) is 6.42 Å². The molecule has 0 atom stereocenters. The van der Waals surface area contributed by atoms with E-state index < -0.39 is 0 Å². The Morgan fingerprint density at radius 2 is 2.00 bits per heavy atom. The second-order valence-electron chi connectivity index (χ2n) is 4.80. The lowest BCUT2D eigenvalue weighted by Gasteiger charge is -2.10. The van der Waals surface area contributed by atoms with Crippen molar-refractivity contribution in [2.45, 2.75) is 13.3 Å². The lowest BCUT2D eigenvalue weighted by atomic mass is 10.0. The number of carbonyl (C=O) groups excluding carboxylic acids is 1. The van der Waals surface area contributed by atoms with E-state index in [9.17, 15) is 4.79 Å².